The van der Waals surface area contributed by atoms with Crippen LogP contribution in [0.4, 0.5) is 0 Å². The third-order valence-electron chi connectivity index (χ3n) is 3.26. The van der Waals surface area contributed by atoms with Crippen molar-refractivity contribution in [2.24, 2.45) is 0 Å². The van der Waals surface area contributed by atoms with E-state index in [4.69, 9.17) is 10.5 Å². The van der Waals surface area contributed by atoms with E-state index >= 15 is 0 Å². The summed E-state index contributed by atoms with van der Waals surface area (Å²) in [7, 11) is -7.73. The Labute approximate surface area is 151 Å². The third kappa shape index (κ3) is 4.88. The molecule has 0 aliphatic carbocycles. The number of rotatable bonds is 7. The van der Waals surface area contributed by atoms with Crippen molar-refractivity contribution in [1.82, 2.24) is 9.44 Å². The van der Waals surface area contributed by atoms with Gasteiger partial charge in [-0.2, -0.15) is 10.5 Å². The van der Waals surface area contributed by atoms with E-state index in [1.807, 2.05) is 12.1 Å². The molecule has 0 fully saturated rings. The van der Waals surface area contributed by atoms with Crippen LogP contribution in [0.25, 0.3) is 0 Å². The van der Waals surface area contributed by atoms with Gasteiger partial charge < -0.3 is 0 Å². The molecule has 2 aromatic rings. The highest BCUT2D eigenvalue weighted by molar-refractivity contribution is 7.89. The molecule has 0 saturated carbocycles. The molecule has 0 atom stereocenters. The van der Waals surface area contributed by atoms with Gasteiger partial charge in [-0.3, -0.25) is 0 Å². The zero-order valence-electron chi connectivity index (χ0n) is 13.4. The van der Waals surface area contributed by atoms with Crippen LogP contribution in [-0.2, 0) is 20.0 Å². The lowest BCUT2D eigenvalue weighted by Crippen LogP contribution is -2.34. The SMILES string of the molecule is N#Cc1cccc(S(=O)(=O)NCCNS(=O)(=O)c2cccc(C#N)c2)c1. The topological polar surface area (TPSA) is 140 Å². The number of nitrogens with one attached hydrogen (secondary N) is 2. The lowest BCUT2D eigenvalue weighted by atomic mass is 10.2. The molecule has 10 heteroatoms. The molecule has 26 heavy (non-hydrogen) atoms. The fourth-order valence-electron chi connectivity index (χ4n) is 2.00. The van der Waals surface area contributed by atoms with E-state index in [0.717, 1.165) is 0 Å². The van der Waals surface area contributed by atoms with E-state index in [1.165, 1.54) is 48.5 Å². The highest BCUT2D eigenvalue weighted by Gasteiger charge is 2.16. The molecule has 0 spiro atoms. The monoisotopic (exact) mass is 390 g/mol. The van der Waals surface area contributed by atoms with Gasteiger partial charge in [0.2, 0.25) is 20.0 Å². The third-order valence-corrected chi connectivity index (χ3v) is 6.17. The van der Waals surface area contributed by atoms with Crippen LogP contribution >= 0.6 is 0 Å². The predicted octanol–water partition coefficient (Wildman–Crippen LogP) is 0.687. The molecule has 0 bridgehead atoms. The molecule has 0 amide bonds. The maximum atomic E-state index is 12.1. The van der Waals surface area contributed by atoms with Gasteiger partial charge in [-0.1, -0.05) is 12.1 Å². The molecule has 8 nitrogen and oxygen atoms in total. The minimum Gasteiger partial charge on any atom is -0.210 e. The lowest BCUT2D eigenvalue weighted by Gasteiger charge is -2.09. The fourth-order valence-corrected chi connectivity index (χ4v) is 4.16. The van der Waals surface area contributed by atoms with Gasteiger partial charge in [0.05, 0.1) is 33.1 Å². The Hall–Kier alpha value is -2.76. The number of sulfonamides is 2. The van der Waals surface area contributed by atoms with Crippen molar-refractivity contribution in [3.05, 3.63) is 59.7 Å². The zero-order chi connectivity index (χ0) is 19.2. The molecular formula is C16H14N4O4S2. The Balaban J connectivity index is 1.99. The summed E-state index contributed by atoms with van der Waals surface area (Å²) in [5.41, 5.74) is 0.400. The average molecular weight is 390 g/mol. The predicted molar refractivity (Wildman–Crippen MR) is 92.7 cm³/mol. The molecule has 0 aromatic heterocycles. The van der Waals surface area contributed by atoms with Crippen LogP contribution in [0.5, 0.6) is 0 Å². The first-order chi connectivity index (χ1) is 12.3. The van der Waals surface area contributed by atoms with E-state index < -0.39 is 20.0 Å². The summed E-state index contributed by atoms with van der Waals surface area (Å²) in [4.78, 5) is -0.165. The molecule has 0 heterocycles. The van der Waals surface area contributed by atoms with Gasteiger partial charge in [0, 0.05) is 13.1 Å². The summed E-state index contributed by atoms with van der Waals surface area (Å²) >= 11 is 0. The molecule has 134 valence electrons. The van der Waals surface area contributed by atoms with Crippen molar-refractivity contribution in [3.63, 3.8) is 0 Å². The van der Waals surface area contributed by atoms with Gasteiger partial charge in [-0.25, -0.2) is 26.3 Å². The molecule has 2 aromatic carbocycles. The van der Waals surface area contributed by atoms with Crippen LogP contribution in [0.1, 0.15) is 11.1 Å². The first kappa shape index (κ1) is 19.6. The largest absolute Gasteiger partial charge is 0.240 e. The van der Waals surface area contributed by atoms with E-state index in [9.17, 15) is 16.8 Å². The van der Waals surface area contributed by atoms with Gasteiger partial charge in [0.15, 0.2) is 0 Å². The van der Waals surface area contributed by atoms with Crippen LogP contribution in [-0.4, -0.2) is 29.9 Å². The van der Waals surface area contributed by atoms with Crippen LogP contribution in [0.15, 0.2) is 58.3 Å². The molecular weight excluding hydrogens is 376 g/mol. The Bertz CT molecular complexity index is 1010. The molecule has 0 unspecified atom stereocenters. The van der Waals surface area contributed by atoms with E-state index in [2.05, 4.69) is 9.44 Å². The summed E-state index contributed by atoms with van der Waals surface area (Å²) in [5.74, 6) is 0. The molecule has 0 aliphatic heterocycles. The van der Waals surface area contributed by atoms with Gasteiger partial charge in [0.1, 0.15) is 0 Å². The summed E-state index contributed by atoms with van der Waals surface area (Å²) in [6, 6.07) is 14.6. The Morgan fingerprint density at radius 3 is 1.46 bits per heavy atom. The first-order valence-corrected chi connectivity index (χ1v) is 10.2. The second-order valence-corrected chi connectivity index (χ2v) is 8.61. The Morgan fingerprint density at radius 2 is 1.12 bits per heavy atom. The van der Waals surface area contributed by atoms with Crippen molar-refractivity contribution in [2.75, 3.05) is 13.1 Å². The van der Waals surface area contributed by atoms with Crippen LogP contribution in [0.2, 0.25) is 0 Å². The molecule has 0 aliphatic rings. The van der Waals surface area contributed by atoms with Crippen molar-refractivity contribution in [2.45, 2.75) is 9.79 Å². The van der Waals surface area contributed by atoms with Crippen LogP contribution in [0, 0.1) is 22.7 Å². The Kier molecular flexibility index (Phi) is 6.08. The standard InChI is InChI=1S/C16H14N4O4S2/c17-11-13-3-1-5-15(9-13)25(21,22)19-7-8-20-26(23,24)16-6-2-4-14(10-16)12-18/h1-6,9-10,19-20H,7-8H2. The van der Waals surface area contributed by atoms with Crippen molar-refractivity contribution in [1.29, 1.82) is 10.5 Å². The summed E-state index contributed by atoms with van der Waals surface area (Å²) < 4.78 is 53.1. The molecule has 0 saturated heterocycles. The van der Waals surface area contributed by atoms with E-state index in [-0.39, 0.29) is 34.0 Å². The van der Waals surface area contributed by atoms with Crippen molar-refractivity contribution >= 4 is 20.0 Å². The summed E-state index contributed by atoms with van der Waals surface area (Å²) in [6.45, 7) is -0.368. The van der Waals surface area contributed by atoms with E-state index in [0.29, 0.717) is 0 Å². The fraction of sp³-hybridized carbons (Fsp3) is 0.125. The number of hydrogen-bond donors (Lipinski definition) is 2. The van der Waals surface area contributed by atoms with Gasteiger partial charge in [0.25, 0.3) is 0 Å². The maximum absolute atomic E-state index is 12.1. The first-order valence-electron chi connectivity index (χ1n) is 7.28. The molecule has 0 radical (unpaired) electrons. The normalized spacial score (nSPS) is 11.5. The van der Waals surface area contributed by atoms with Crippen LogP contribution in [0.3, 0.4) is 0 Å². The number of nitrogens with zero attached hydrogens (tertiary/aromatic N) is 2. The van der Waals surface area contributed by atoms with Gasteiger partial charge in [-0.05, 0) is 36.4 Å². The highest BCUT2D eigenvalue weighted by atomic mass is 32.2. The number of hydrogen-bond acceptors (Lipinski definition) is 6. The average Bonchev–Trinajstić information content (AvgIpc) is 2.65. The molecule has 2 rings (SSSR count). The number of benzene rings is 2. The Morgan fingerprint density at radius 1 is 0.731 bits per heavy atom. The van der Waals surface area contributed by atoms with Crippen molar-refractivity contribution in [3.8, 4) is 12.1 Å². The van der Waals surface area contributed by atoms with Crippen molar-refractivity contribution < 1.29 is 16.8 Å². The minimum atomic E-state index is -3.86. The second kappa shape index (κ2) is 8.08. The lowest BCUT2D eigenvalue weighted by molar-refractivity contribution is 0.570. The summed E-state index contributed by atoms with van der Waals surface area (Å²) in [6.07, 6.45) is 0. The van der Waals surface area contributed by atoms with Gasteiger partial charge >= 0.3 is 0 Å². The zero-order valence-corrected chi connectivity index (χ0v) is 15.0. The second-order valence-electron chi connectivity index (χ2n) is 5.07. The van der Waals surface area contributed by atoms with E-state index in [1.54, 1.807) is 0 Å². The maximum Gasteiger partial charge on any atom is 0.240 e. The summed E-state index contributed by atoms with van der Waals surface area (Å²) in [5, 5.41) is 17.6. The number of nitriles is 2. The van der Waals surface area contributed by atoms with Crippen LogP contribution < -0.4 is 9.44 Å². The minimum absolute atomic E-state index is 0.0823. The van der Waals surface area contributed by atoms with Gasteiger partial charge in [-0.15, -0.1) is 0 Å². The quantitative estimate of drug-likeness (QED) is 0.667. The molecule has 2 N–H and O–H groups in total. The highest BCUT2D eigenvalue weighted by Crippen LogP contribution is 2.11. The smallest absolute Gasteiger partial charge is 0.210 e.